The quantitative estimate of drug-likeness (QED) is 0.0212. The first kappa shape index (κ1) is 47.7. The molecule has 0 spiro atoms. The highest BCUT2D eigenvalue weighted by atomic mass is 31.2. The van der Waals surface area contributed by atoms with E-state index in [9.17, 15) is 29.3 Å². The average Bonchev–Trinajstić information content (AvgIpc) is 3.08. The summed E-state index contributed by atoms with van der Waals surface area (Å²) in [5.74, 6) is -0.938. The Morgan fingerprint density at radius 1 is 0.673 bits per heavy atom. The Kier molecular flexibility index (Phi) is 32.9. The Bertz CT molecular complexity index is 859. The number of phosphoric ester groups is 1. The third-order valence-corrected chi connectivity index (χ3v) is 9.34. The molecule has 1 unspecified atom stereocenters. The van der Waals surface area contributed by atoms with Crippen molar-refractivity contribution in [2.45, 2.75) is 186 Å². The molecule has 0 bridgehead atoms. The van der Waals surface area contributed by atoms with Crippen LogP contribution < -0.4 is 5.73 Å². The number of aliphatic hydroxyl groups is 2. The van der Waals surface area contributed by atoms with Gasteiger partial charge >= 0.3 is 19.8 Å². The van der Waals surface area contributed by atoms with E-state index in [1.54, 1.807) is 0 Å². The highest BCUT2D eigenvalue weighted by Crippen LogP contribution is 2.43. The molecule has 49 heavy (non-hydrogen) atoms. The van der Waals surface area contributed by atoms with Gasteiger partial charge in [0.15, 0.2) is 6.10 Å². The van der Waals surface area contributed by atoms with Crippen LogP contribution in [0.4, 0.5) is 0 Å². The molecule has 0 rings (SSSR count). The predicted octanol–water partition coefficient (Wildman–Crippen LogP) is 8.21. The van der Waals surface area contributed by atoms with Crippen molar-refractivity contribution in [3.63, 3.8) is 0 Å². The normalized spacial score (nSPS) is 14.8. The van der Waals surface area contributed by atoms with E-state index in [1.807, 2.05) is 6.08 Å². The minimum Gasteiger partial charge on any atom is -0.462 e. The van der Waals surface area contributed by atoms with Crippen LogP contribution in [0.2, 0.25) is 0 Å². The van der Waals surface area contributed by atoms with Gasteiger partial charge < -0.3 is 30.3 Å². The minimum absolute atomic E-state index is 0.0301. The Morgan fingerprint density at radius 3 is 1.80 bits per heavy atom. The molecular weight excluding hydrogens is 649 g/mol. The van der Waals surface area contributed by atoms with E-state index in [0.717, 1.165) is 57.8 Å². The summed E-state index contributed by atoms with van der Waals surface area (Å²) in [6.45, 7) is 3.47. The van der Waals surface area contributed by atoms with Crippen LogP contribution in [0.1, 0.15) is 168 Å². The van der Waals surface area contributed by atoms with E-state index < -0.39 is 44.7 Å². The molecule has 11 nitrogen and oxygen atoms in total. The summed E-state index contributed by atoms with van der Waals surface area (Å²) >= 11 is 0. The van der Waals surface area contributed by atoms with Crippen molar-refractivity contribution in [1.82, 2.24) is 0 Å². The van der Waals surface area contributed by atoms with Gasteiger partial charge in [-0.3, -0.25) is 18.6 Å². The lowest BCUT2D eigenvalue weighted by Gasteiger charge is -2.20. The number of carbonyl (C=O) groups excluding carboxylic acids is 2. The van der Waals surface area contributed by atoms with Crippen LogP contribution in [-0.2, 0) is 32.7 Å². The molecule has 0 radical (unpaired) electrons. The Morgan fingerprint density at radius 2 is 1.20 bits per heavy atom. The van der Waals surface area contributed by atoms with Crippen molar-refractivity contribution in [1.29, 1.82) is 0 Å². The van der Waals surface area contributed by atoms with Gasteiger partial charge in [0, 0.05) is 19.4 Å². The summed E-state index contributed by atoms with van der Waals surface area (Å²) in [7, 11) is -4.41. The molecule has 4 atom stereocenters. The number of phosphoric acid groups is 1. The monoisotopic (exact) mass is 721 g/mol. The number of esters is 2. The lowest BCUT2D eigenvalue weighted by atomic mass is 10.0. The van der Waals surface area contributed by atoms with Gasteiger partial charge in [-0.05, 0) is 38.5 Å². The number of nitrogens with two attached hydrogens (primary N) is 1. The van der Waals surface area contributed by atoms with E-state index in [-0.39, 0.29) is 32.6 Å². The van der Waals surface area contributed by atoms with Crippen molar-refractivity contribution >= 4 is 19.8 Å². The van der Waals surface area contributed by atoms with Crippen LogP contribution in [0, 0.1) is 0 Å². The van der Waals surface area contributed by atoms with Gasteiger partial charge in [-0.2, -0.15) is 0 Å². The van der Waals surface area contributed by atoms with Crippen LogP contribution in [0.25, 0.3) is 0 Å². The topological polar surface area (TPSA) is 175 Å². The number of rotatable bonds is 36. The lowest BCUT2D eigenvalue weighted by Crippen LogP contribution is -2.29. The Hall–Kier alpha value is -1.33. The lowest BCUT2D eigenvalue weighted by molar-refractivity contribution is -0.161. The summed E-state index contributed by atoms with van der Waals surface area (Å²) < 4.78 is 32.5. The summed E-state index contributed by atoms with van der Waals surface area (Å²) in [6.07, 6.45) is 24.1. The predicted molar refractivity (Wildman–Crippen MR) is 195 cm³/mol. The van der Waals surface area contributed by atoms with Crippen LogP contribution in [0.15, 0.2) is 12.2 Å². The zero-order valence-corrected chi connectivity index (χ0v) is 31.8. The van der Waals surface area contributed by atoms with Gasteiger partial charge in [0.05, 0.1) is 25.4 Å². The number of unbranched alkanes of at least 4 members (excludes halogenated alkanes) is 17. The molecule has 12 heteroatoms. The third kappa shape index (κ3) is 32.3. The fourth-order valence-corrected chi connectivity index (χ4v) is 6.07. The van der Waals surface area contributed by atoms with Gasteiger partial charge in [-0.25, -0.2) is 4.57 Å². The second kappa shape index (κ2) is 33.8. The molecule has 0 saturated heterocycles. The largest absolute Gasteiger partial charge is 0.472 e. The third-order valence-electron chi connectivity index (χ3n) is 8.35. The van der Waals surface area contributed by atoms with E-state index in [4.69, 9.17) is 24.3 Å². The van der Waals surface area contributed by atoms with Crippen LogP contribution in [0.5, 0.6) is 0 Å². The van der Waals surface area contributed by atoms with Gasteiger partial charge in [0.1, 0.15) is 6.61 Å². The molecule has 0 aromatic rings. The second-order valence-corrected chi connectivity index (χ2v) is 14.6. The van der Waals surface area contributed by atoms with Gasteiger partial charge in [-0.1, -0.05) is 129 Å². The zero-order chi connectivity index (χ0) is 36.4. The second-order valence-electron chi connectivity index (χ2n) is 13.1. The van der Waals surface area contributed by atoms with Crippen LogP contribution >= 0.6 is 7.82 Å². The fourth-order valence-electron chi connectivity index (χ4n) is 5.30. The average molecular weight is 722 g/mol. The molecule has 0 saturated carbocycles. The first-order valence-electron chi connectivity index (χ1n) is 19.3. The van der Waals surface area contributed by atoms with Crippen molar-refractivity contribution in [3.05, 3.63) is 12.2 Å². The smallest absolute Gasteiger partial charge is 0.462 e. The molecule has 5 N–H and O–H groups in total. The number of hydrogen-bond donors (Lipinski definition) is 4. The van der Waals surface area contributed by atoms with Gasteiger partial charge in [-0.15, -0.1) is 0 Å². The van der Waals surface area contributed by atoms with Crippen molar-refractivity contribution in [2.24, 2.45) is 5.73 Å². The zero-order valence-electron chi connectivity index (χ0n) is 30.9. The fraction of sp³-hybridized carbons (Fsp3) is 0.892. The maximum atomic E-state index is 12.5. The highest BCUT2D eigenvalue weighted by molar-refractivity contribution is 7.47. The van der Waals surface area contributed by atoms with E-state index >= 15 is 0 Å². The summed E-state index contributed by atoms with van der Waals surface area (Å²) in [5.41, 5.74) is 5.32. The van der Waals surface area contributed by atoms with Gasteiger partial charge in [0.2, 0.25) is 0 Å². The van der Waals surface area contributed by atoms with E-state index in [0.29, 0.717) is 25.7 Å². The molecule has 0 aromatic carbocycles. The first-order chi connectivity index (χ1) is 23.6. The van der Waals surface area contributed by atoms with Crippen LogP contribution in [-0.4, -0.2) is 71.7 Å². The van der Waals surface area contributed by atoms with Crippen LogP contribution in [0.3, 0.4) is 0 Å². The van der Waals surface area contributed by atoms with Crippen molar-refractivity contribution in [3.8, 4) is 0 Å². The summed E-state index contributed by atoms with van der Waals surface area (Å²) in [5, 5.41) is 20.4. The number of aliphatic hydroxyl groups excluding tert-OH is 2. The van der Waals surface area contributed by atoms with Crippen molar-refractivity contribution < 1.29 is 47.8 Å². The van der Waals surface area contributed by atoms with E-state index in [2.05, 4.69) is 19.9 Å². The number of carbonyl (C=O) groups is 2. The first-order valence-corrected chi connectivity index (χ1v) is 20.8. The van der Waals surface area contributed by atoms with Gasteiger partial charge in [0.25, 0.3) is 0 Å². The molecule has 0 aliphatic carbocycles. The molecule has 0 aliphatic rings. The molecule has 0 fully saturated rings. The number of ether oxygens (including phenoxy) is 2. The highest BCUT2D eigenvalue weighted by Gasteiger charge is 2.26. The molecule has 290 valence electrons. The SMILES string of the molecule is CCCCC/C=C\C[C@H](O)[C@@H](O)CCCCCCCC(=O)O[C@H](COC(=O)CCCCCCCCCCCCC)COP(=O)(O)OCCN. The number of allylic oxidation sites excluding steroid dienone is 1. The Balaban J connectivity index is 4.34. The minimum atomic E-state index is -4.41. The van der Waals surface area contributed by atoms with Crippen molar-refractivity contribution in [2.75, 3.05) is 26.4 Å². The molecular formula is C37H72NO10P. The summed E-state index contributed by atoms with van der Waals surface area (Å²) in [4.78, 5) is 34.7. The molecule has 0 heterocycles. The van der Waals surface area contributed by atoms with E-state index in [1.165, 1.54) is 57.8 Å². The standard InChI is InChI=1S/C37H72NO10P/c1-3-5-7-9-11-12-13-14-15-19-23-27-36(41)45-31-33(32-47-49(43,44)46-30-29-38)48-37(42)28-24-20-16-18-22-26-35(40)34(39)25-21-17-10-8-6-4-2/h17,21,33-35,39-40H,3-16,18-20,22-32,38H2,1-2H3,(H,43,44)/b21-17-/t33-,34+,35+/m1/s1. The maximum absolute atomic E-state index is 12.5. The molecule has 0 amide bonds. The number of hydrogen-bond acceptors (Lipinski definition) is 10. The Labute approximate surface area is 297 Å². The molecule has 0 aromatic heterocycles. The molecule has 0 aliphatic heterocycles. The maximum Gasteiger partial charge on any atom is 0.472 e. The summed E-state index contributed by atoms with van der Waals surface area (Å²) in [6, 6.07) is 0.